The molecule has 0 heterocycles. The van der Waals surface area contributed by atoms with E-state index in [-0.39, 0.29) is 11.4 Å². The standard InChI is InChI=1S/C12H8INO3/c13-11-9(8-4-2-1-3-5-8)6-7-10(15)12(11)14(16)17/h1-7,15H. The maximum absolute atomic E-state index is 10.9. The van der Waals surface area contributed by atoms with Gasteiger partial charge in [-0.05, 0) is 40.3 Å². The highest BCUT2D eigenvalue weighted by Gasteiger charge is 2.21. The molecule has 2 aromatic rings. The molecule has 0 unspecified atom stereocenters. The molecule has 0 aliphatic heterocycles. The van der Waals surface area contributed by atoms with Crippen LogP contribution in [0, 0.1) is 13.7 Å². The molecule has 0 saturated heterocycles. The Balaban J connectivity index is 2.66. The lowest BCUT2D eigenvalue weighted by Gasteiger charge is -2.06. The third-order valence-electron chi connectivity index (χ3n) is 2.36. The lowest BCUT2D eigenvalue weighted by atomic mass is 10.1. The van der Waals surface area contributed by atoms with Gasteiger partial charge in [0.05, 0.1) is 4.92 Å². The van der Waals surface area contributed by atoms with Crippen LogP contribution < -0.4 is 0 Å². The monoisotopic (exact) mass is 341 g/mol. The summed E-state index contributed by atoms with van der Waals surface area (Å²) in [7, 11) is 0. The van der Waals surface area contributed by atoms with E-state index in [2.05, 4.69) is 0 Å². The number of hydrogen-bond acceptors (Lipinski definition) is 3. The van der Waals surface area contributed by atoms with E-state index < -0.39 is 4.92 Å². The van der Waals surface area contributed by atoms with Gasteiger partial charge in [-0.2, -0.15) is 0 Å². The third kappa shape index (κ3) is 2.23. The van der Waals surface area contributed by atoms with Gasteiger partial charge in [0.15, 0.2) is 5.75 Å². The highest BCUT2D eigenvalue weighted by molar-refractivity contribution is 14.1. The molecular formula is C12H8INO3. The first-order valence-electron chi connectivity index (χ1n) is 4.82. The summed E-state index contributed by atoms with van der Waals surface area (Å²) in [4.78, 5) is 10.3. The fraction of sp³-hybridized carbons (Fsp3) is 0. The van der Waals surface area contributed by atoms with Crippen molar-refractivity contribution in [3.8, 4) is 16.9 Å². The highest BCUT2D eigenvalue weighted by atomic mass is 127. The van der Waals surface area contributed by atoms with Crippen LogP contribution in [-0.4, -0.2) is 10.0 Å². The molecule has 0 atom stereocenters. The average molecular weight is 341 g/mol. The summed E-state index contributed by atoms with van der Waals surface area (Å²) >= 11 is 1.88. The van der Waals surface area contributed by atoms with Gasteiger partial charge >= 0.3 is 5.69 Å². The Morgan fingerprint density at radius 2 is 1.76 bits per heavy atom. The minimum absolute atomic E-state index is 0.244. The smallest absolute Gasteiger partial charge is 0.324 e. The molecule has 0 spiro atoms. The first-order valence-corrected chi connectivity index (χ1v) is 5.90. The number of rotatable bonds is 2. The van der Waals surface area contributed by atoms with Crippen molar-refractivity contribution in [2.24, 2.45) is 0 Å². The summed E-state index contributed by atoms with van der Waals surface area (Å²) < 4.78 is 0.443. The van der Waals surface area contributed by atoms with Gasteiger partial charge in [0.1, 0.15) is 3.57 Å². The zero-order chi connectivity index (χ0) is 12.4. The molecule has 0 aliphatic rings. The molecule has 0 aliphatic carbocycles. The average Bonchev–Trinajstić information content (AvgIpc) is 2.30. The van der Waals surface area contributed by atoms with Gasteiger partial charge < -0.3 is 5.11 Å². The van der Waals surface area contributed by atoms with E-state index in [0.29, 0.717) is 3.57 Å². The Morgan fingerprint density at radius 1 is 1.12 bits per heavy atom. The summed E-state index contributed by atoms with van der Waals surface area (Å²) in [6.45, 7) is 0. The number of halogens is 1. The summed E-state index contributed by atoms with van der Waals surface area (Å²) in [6, 6.07) is 12.4. The largest absolute Gasteiger partial charge is 0.502 e. The maximum Gasteiger partial charge on any atom is 0.324 e. The molecule has 0 saturated carbocycles. The minimum atomic E-state index is -0.566. The lowest BCUT2D eigenvalue weighted by Crippen LogP contribution is -1.94. The van der Waals surface area contributed by atoms with E-state index in [1.54, 1.807) is 6.07 Å². The molecule has 0 aromatic heterocycles. The van der Waals surface area contributed by atoms with Crippen LogP contribution in [0.25, 0.3) is 11.1 Å². The van der Waals surface area contributed by atoms with Crippen LogP contribution in [0.2, 0.25) is 0 Å². The summed E-state index contributed by atoms with van der Waals surface area (Å²) in [5.74, 6) is -0.306. The molecular weight excluding hydrogens is 333 g/mol. The number of nitro groups is 1. The van der Waals surface area contributed by atoms with E-state index in [0.717, 1.165) is 11.1 Å². The van der Waals surface area contributed by atoms with Gasteiger partial charge in [-0.3, -0.25) is 10.1 Å². The predicted molar refractivity (Wildman–Crippen MR) is 72.9 cm³/mol. The van der Waals surface area contributed by atoms with Crippen molar-refractivity contribution in [2.75, 3.05) is 0 Å². The van der Waals surface area contributed by atoms with Crippen molar-refractivity contribution in [1.29, 1.82) is 0 Å². The van der Waals surface area contributed by atoms with Crippen LogP contribution in [0.1, 0.15) is 0 Å². The normalized spacial score (nSPS) is 10.2. The lowest BCUT2D eigenvalue weighted by molar-refractivity contribution is -0.386. The quantitative estimate of drug-likeness (QED) is 0.516. The zero-order valence-corrected chi connectivity index (χ0v) is 10.8. The highest BCUT2D eigenvalue weighted by Crippen LogP contribution is 2.37. The second kappa shape index (κ2) is 4.70. The van der Waals surface area contributed by atoms with Gasteiger partial charge in [0.2, 0.25) is 0 Å². The maximum atomic E-state index is 10.9. The van der Waals surface area contributed by atoms with Gasteiger partial charge in [-0.15, -0.1) is 0 Å². The van der Waals surface area contributed by atoms with Gasteiger partial charge in [0.25, 0.3) is 0 Å². The van der Waals surface area contributed by atoms with Crippen molar-refractivity contribution in [1.82, 2.24) is 0 Å². The van der Waals surface area contributed by atoms with Crippen molar-refractivity contribution >= 4 is 28.3 Å². The molecule has 0 radical (unpaired) electrons. The molecule has 1 N–H and O–H groups in total. The van der Waals surface area contributed by atoms with E-state index in [9.17, 15) is 15.2 Å². The first-order chi connectivity index (χ1) is 8.11. The first kappa shape index (κ1) is 11.8. The Kier molecular flexibility index (Phi) is 3.28. The Morgan fingerprint density at radius 3 is 2.35 bits per heavy atom. The molecule has 0 amide bonds. The molecule has 0 bridgehead atoms. The Labute approximate surface area is 111 Å². The van der Waals surface area contributed by atoms with Crippen LogP contribution in [0.15, 0.2) is 42.5 Å². The topological polar surface area (TPSA) is 63.4 Å². The molecule has 5 heteroatoms. The van der Waals surface area contributed by atoms with Crippen LogP contribution in [0.3, 0.4) is 0 Å². The van der Waals surface area contributed by atoms with Gasteiger partial charge in [0, 0.05) is 5.56 Å². The number of phenolic OH excluding ortho intramolecular Hbond substituents is 1. The Bertz CT molecular complexity index is 569. The zero-order valence-electron chi connectivity index (χ0n) is 8.63. The van der Waals surface area contributed by atoms with E-state index in [4.69, 9.17) is 0 Å². The fourth-order valence-corrected chi connectivity index (χ4v) is 2.53. The second-order valence-electron chi connectivity index (χ2n) is 3.42. The molecule has 4 nitrogen and oxygen atoms in total. The van der Waals surface area contributed by atoms with Crippen molar-refractivity contribution in [3.05, 3.63) is 56.1 Å². The second-order valence-corrected chi connectivity index (χ2v) is 4.50. The predicted octanol–water partition coefficient (Wildman–Crippen LogP) is 3.57. The molecule has 0 fully saturated rings. The number of hydrogen-bond donors (Lipinski definition) is 1. The number of benzene rings is 2. The van der Waals surface area contributed by atoms with Crippen molar-refractivity contribution in [3.63, 3.8) is 0 Å². The minimum Gasteiger partial charge on any atom is -0.502 e. The number of aromatic hydroxyl groups is 1. The van der Waals surface area contributed by atoms with Crippen LogP contribution >= 0.6 is 22.6 Å². The number of phenols is 1. The summed E-state index contributed by atoms with van der Waals surface area (Å²) in [5, 5.41) is 20.4. The Hall–Kier alpha value is -1.63. The summed E-state index contributed by atoms with van der Waals surface area (Å²) in [6.07, 6.45) is 0. The molecule has 86 valence electrons. The van der Waals surface area contributed by atoms with Crippen LogP contribution in [0.5, 0.6) is 5.75 Å². The van der Waals surface area contributed by atoms with Crippen LogP contribution in [0.4, 0.5) is 5.69 Å². The van der Waals surface area contributed by atoms with Crippen molar-refractivity contribution < 1.29 is 10.0 Å². The number of nitro benzene ring substituents is 1. The van der Waals surface area contributed by atoms with E-state index in [1.807, 2.05) is 52.9 Å². The fourth-order valence-electron chi connectivity index (χ4n) is 1.57. The summed E-state index contributed by atoms with van der Waals surface area (Å²) in [5.41, 5.74) is 1.39. The molecule has 2 rings (SSSR count). The number of nitrogens with zero attached hydrogens (tertiary/aromatic N) is 1. The van der Waals surface area contributed by atoms with E-state index >= 15 is 0 Å². The van der Waals surface area contributed by atoms with Gasteiger partial charge in [-0.25, -0.2) is 0 Å². The van der Waals surface area contributed by atoms with Crippen LogP contribution in [-0.2, 0) is 0 Å². The molecule has 17 heavy (non-hydrogen) atoms. The van der Waals surface area contributed by atoms with E-state index in [1.165, 1.54) is 6.07 Å². The third-order valence-corrected chi connectivity index (χ3v) is 3.45. The molecule has 2 aromatic carbocycles. The SMILES string of the molecule is O=[N+]([O-])c1c(O)ccc(-c2ccccc2)c1I. The van der Waals surface area contributed by atoms with Crippen molar-refractivity contribution in [2.45, 2.75) is 0 Å². The van der Waals surface area contributed by atoms with Gasteiger partial charge in [-0.1, -0.05) is 30.3 Å².